The molecule has 0 aromatic carbocycles. The van der Waals surface area contributed by atoms with E-state index in [-0.39, 0.29) is 0 Å². The second-order valence-electron chi connectivity index (χ2n) is 7.04. The first-order valence-corrected chi connectivity index (χ1v) is 12.9. The van der Waals surface area contributed by atoms with Gasteiger partial charge in [-0.1, -0.05) is 32.6 Å². The Morgan fingerprint density at radius 3 is 2.08 bits per heavy atom. The average Bonchev–Trinajstić information content (AvgIpc) is 3.06. The van der Waals surface area contributed by atoms with Gasteiger partial charge in [0.05, 0.1) is 13.1 Å². The number of nitrogens with zero attached hydrogens (tertiary/aromatic N) is 2. The van der Waals surface area contributed by atoms with Crippen molar-refractivity contribution in [3.05, 3.63) is 0 Å². The van der Waals surface area contributed by atoms with E-state index in [1.54, 1.807) is 0 Å². The van der Waals surface area contributed by atoms with Crippen molar-refractivity contribution in [2.45, 2.75) is 78.7 Å². The molecule has 0 radical (unpaired) electrons. The summed E-state index contributed by atoms with van der Waals surface area (Å²) in [6.45, 7) is 14.9. The number of hydrogen-bond acceptors (Lipinski definition) is 4. The molecule has 1 heterocycles. The minimum atomic E-state index is -2.48. The SMILES string of the molecule is CCCCCCCCN1C=[N+](CCC[Si](OCC)(OCC)OCC)CC1. The van der Waals surface area contributed by atoms with Crippen molar-refractivity contribution in [2.24, 2.45) is 0 Å². The van der Waals surface area contributed by atoms with Crippen LogP contribution in [0.2, 0.25) is 6.04 Å². The molecule has 0 spiro atoms. The van der Waals surface area contributed by atoms with Crippen LogP contribution in [0.4, 0.5) is 0 Å². The largest absolute Gasteiger partial charge is 0.501 e. The number of rotatable bonds is 17. The summed E-state index contributed by atoms with van der Waals surface area (Å²) in [6.07, 6.45) is 11.6. The van der Waals surface area contributed by atoms with E-state index < -0.39 is 8.80 Å². The normalized spacial score (nSPS) is 14.9. The molecular formula is C20H43N2O3Si+. The van der Waals surface area contributed by atoms with Crippen molar-refractivity contribution in [3.8, 4) is 0 Å². The fourth-order valence-electron chi connectivity index (χ4n) is 3.54. The molecule has 6 heteroatoms. The molecule has 1 aliphatic heterocycles. The van der Waals surface area contributed by atoms with Gasteiger partial charge in [0, 0.05) is 25.9 Å². The van der Waals surface area contributed by atoms with Crippen LogP contribution in [0.5, 0.6) is 0 Å². The molecule has 0 fully saturated rings. The Kier molecular flexibility index (Phi) is 13.3. The van der Waals surface area contributed by atoms with Crippen LogP contribution in [0.15, 0.2) is 0 Å². The minimum absolute atomic E-state index is 0.661. The summed E-state index contributed by atoms with van der Waals surface area (Å²) in [6, 6.07) is 0.907. The van der Waals surface area contributed by atoms with Gasteiger partial charge >= 0.3 is 8.80 Å². The first-order chi connectivity index (χ1) is 12.7. The lowest BCUT2D eigenvalue weighted by Crippen LogP contribution is -2.46. The highest BCUT2D eigenvalue weighted by Crippen LogP contribution is 2.18. The Hall–Kier alpha value is -0.433. The molecule has 0 aromatic rings. The Morgan fingerprint density at radius 2 is 1.46 bits per heavy atom. The van der Waals surface area contributed by atoms with Gasteiger partial charge in [0.15, 0.2) is 0 Å². The summed E-state index contributed by atoms with van der Waals surface area (Å²) in [7, 11) is -2.48. The maximum absolute atomic E-state index is 5.94. The zero-order chi connectivity index (χ0) is 19.1. The van der Waals surface area contributed by atoms with E-state index in [2.05, 4.69) is 22.7 Å². The van der Waals surface area contributed by atoms with Gasteiger partial charge < -0.3 is 13.3 Å². The van der Waals surface area contributed by atoms with Gasteiger partial charge in [-0.05, 0) is 40.0 Å². The molecule has 0 aliphatic carbocycles. The quantitative estimate of drug-likeness (QED) is 0.213. The van der Waals surface area contributed by atoms with Gasteiger partial charge in [-0.15, -0.1) is 0 Å². The van der Waals surface area contributed by atoms with Crippen molar-refractivity contribution in [1.82, 2.24) is 4.90 Å². The predicted molar refractivity (Wildman–Crippen MR) is 111 cm³/mol. The summed E-state index contributed by atoms with van der Waals surface area (Å²) >= 11 is 0. The molecule has 0 saturated heterocycles. The van der Waals surface area contributed by atoms with Gasteiger partial charge in [0.1, 0.15) is 13.1 Å². The maximum Gasteiger partial charge on any atom is 0.501 e. The topological polar surface area (TPSA) is 33.9 Å². The zero-order valence-electron chi connectivity index (χ0n) is 17.8. The molecule has 154 valence electrons. The molecule has 0 aromatic heterocycles. The van der Waals surface area contributed by atoms with E-state index in [1.165, 1.54) is 51.6 Å². The van der Waals surface area contributed by atoms with Gasteiger partial charge in [0.25, 0.3) is 0 Å². The summed E-state index contributed by atoms with van der Waals surface area (Å²) in [5.74, 6) is 0. The first kappa shape index (κ1) is 23.6. The summed E-state index contributed by atoms with van der Waals surface area (Å²) in [5, 5.41) is 0. The lowest BCUT2D eigenvalue weighted by atomic mass is 10.1. The van der Waals surface area contributed by atoms with Crippen LogP contribution in [0, 0.1) is 0 Å². The highest BCUT2D eigenvalue weighted by Gasteiger charge is 2.40. The van der Waals surface area contributed by atoms with Crippen molar-refractivity contribution in [3.63, 3.8) is 0 Å². The molecule has 0 bridgehead atoms. The minimum Gasteiger partial charge on any atom is -0.374 e. The number of unbranched alkanes of at least 4 members (excludes halogenated alkanes) is 5. The van der Waals surface area contributed by atoms with Gasteiger partial charge in [-0.25, -0.2) is 0 Å². The summed E-state index contributed by atoms with van der Waals surface area (Å²) in [5.41, 5.74) is 0. The smallest absolute Gasteiger partial charge is 0.374 e. The number of hydrogen-bond donors (Lipinski definition) is 0. The molecule has 0 saturated carbocycles. The summed E-state index contributed by atoms with van der Waals surface area (Å²) < 4.78 is 20.3. The maximum atomic E-state index is 5.94. The van der Waals surface area contributed by atoms with E-state index in [4.69, 9.17) is 13.3 Å². The van der Waals surface area contributed by atoms with Crippen LogP contribution in [0.25, 0.3) is 0 Å². The van der Waals surface area contributed by atoms with Crippen molar-refractivity contribution in [1.29, 1.82) is 0 Å². The molecule has 0 unspecified atom stereocenters. The Bertz CT molecular complexity index is 363. The summed E-state index contributed by atoms with van der Waals surface area (Å²) in [4.78, 5) is 2.48. The van der Waals surface area contributed by atoms with E-state index in [0.29, 0.717) is 19.8 Å². The van der Waals surface area contributed by atoms with Crippen molar-refractivity contribution < 1.29 is 17.9 Å². The molecule has 0 amide bonds. The van der Waals surface area contributed by atoms with Crippen LogP contribution in [-0.2, 0) is 13.3 Å². The van der Waals surface area contributed by atoms with E-state index in [9.17, 15) is 0 Å². The van der Waals surface area contributed by atoms with Crippen LogP contribution in [-0.4, -0.2) is 70.6 Å². The third-order valence-electron chi connectivity index (χ3n) is 4.82. The van der Waals surface area contributed by atoms with E-state index in [0.717, 1.165) is 25.6 Å². The fraction of sp³-hybridized carbons (Fsp3) is 0.950. The van der Waals surface area contributed by atoms with Gasteiger partial charge in [-0.2, -0.15) is 0 Å². The van der Waals surface area contributed by atoms with E-state index in [1.807, 2.05) is 20.8 Å². The van der Waals surface area contributed by atoms with Gasteiger partial charge in [0.2, 0.25) is 6.34 Å². The highest BCUT2D eigenvalue weighted by molar-refractivity contribution is 6.60. The lowest BCUT2D eigenvalue weighted by Gasteiger charge is -2.28. The van der Waals surface area contributed by atoms with Crippen molar-refractivity contribution in [2.75, 3.05) is 46.0 Å². The Morgan fingerprint density at radius 1 is 0.846 bits per heavy atom. The molecule has 0 N–H and O–H groups in total. The highest BCUT2D eigenvalue weighted by atomic mass is 28.4. The molecule has 5 nitrogen and oxygen atoms in total. The van der Waals surface area contributed by atoms with Gasteiger partial charge in [-0.3, -0.25) is 9.48 Å². The Balaban J connectivity index is 2.28. The molecule has 26 heavy (non-hydrogen) atoms. The predicted octanol–water partition coefficient (Wildman–Crippen LogP) is 4.14. The van der Waals surface area contributed by atoms with E-state index >= 15 is 0 Å². The van der Waals surface area contributed by atoms with Crippen LogP contribution in [0.1, 0.15) is 72.6 Å². The molecule has 0 atom stereocenters. The zero-order valence-corrected chi connectivity index (χ0v) is 18.8. The van der Waals surface area contributed by atoms with Crippen LogP contribution >= 0.6 is 0 Å². The second kappa shape index (κ2) is 14.6. The third-order valence-corrected chi connectivity index (χ3v) is 7.97. The fourth-order valence-corrected chi connectivity index (χ4v) is 6.13. The van der Waals surface area contributed by atoms with Crippen molar-refractivity contribution >= 4 is 15.1 Å². The molecular weight excluding hydrogens is 344 g/mol. The standard InChI is InChI=1S/C20H43N2O3Si/c1-5-9-10-11-12-13-15-21-17-18-22(20-21)16-14-19-26(23-6-2,24-7-3)25-8-4/h20H,5-19H2,1-4H3/q+1. The third kappa shape index (κ3) is 9.49. The van der Waals surface area contributed by atoms with Crippen LogP contribution < -0.4 is 0 Å². The molecule has 1 rings (SSSR count). The monoisotopic (exact) mass is 387 g/mol. The average molecular weight is 388 g/mol. The van der Waals surface area contributed by atoms with Crippen LogP contribution in [0.3, 0.4) is 0 Å². The molecule has 1 aliphatic rings. The first-order valence-electron chi connectivity index (χ1n) is 10.9. The lowest BCUT2D eigenvalue weighted by molar-refractivity contribution is -0.513. The Labute approximate surface area is 163 Å². The second-order valence-corrected chi connectivity index (χ2v) is 9.77.